The van der Waals surface area contributed by atoms with Gasteiger partial charge in [0.05, 0.1) is 0 Å². The van der Waals surface area contributed by atoms with Crippen molar-refractivity contribution in [2.45, 2.75) is 77.8 Å². The van der Waals surface area contributed by atoms with Crippen molar-refractivity contribution >= 4 is 35.8 Å². The zero-order valence-corrected chi connectivity index (χ0v) is 18.3. The molecule has 0 bridgehead atoms. The molecule has 1 saturated heterocycles. The lowest BCUT2D eigenvalue weighted by molar-refractivity contribution is -0.135. The summed E-state index contributed by atoms with van der Waals surface area (Å²) in [5.74, 6) is 1.60. The number of halogens is 1. The molecule has 0 spiro atoms. The maximum atomic E-state index is 12.7. The molecule has 3 rings (SSSR count). The third kappa shape index (κ3) is 5.47. The molecule has 2 saturated carbocycles. The van der Waals surface area contributed by atoms with Gasteiger partial charge in [0.25, 0.3) is 0 Å². The van der Waals surface area contributed by atoms with Crippen LogP contribution in [0.3, 0.4) is 0 Å². The lowest BCUT2D eigenvalue weighted by atomic mass is 9.88. The van der Waals surface area contributed by atoms with Crippen LogP contribution in [-0.4, -0.2) is 48.5 Å². The summed E-state index contributed by atoms with van der Waals surface area (Å²) >= 11 is 0. The van der Waals surface area contributed by atoms with Gasteiger partial charge in [-0.2, -0.15) is 0 Å². The highest BCUT2D eigenvalue weighted by Gasteiger charge is 2.46. The van der Waals surface area contributed by atoms with E-state index in [0.717, 1.165) is 44.9 Å². The quantitative estimate of drug-likeness (QED) is 0.384. The highest BCUT2D eigenvalue weighted by molar-refractivity contribution is 14.0. The molecule has 2 unspecified atom stereocenters. The Bertz CT molecular complexity index is 488. The van der Waals surface area contributed by atoms with Gasteiger partial charge in [0.2, 0.25) is 5.91 Å². The van der Waals surface area contributed by atoms with Crippen LogP contribution < -0.4 is 10.6 Å². The molecule has 144 valence electrons. The molecule has 1 amide bonds. The summed E-state index contributed by atoms with van der Waals surface area (Å²) < 4.78 is 0. The molecule has 3 aliphatic rings. The van der Waals surface area contributed by atoms with E-state index < -0.39 is 0 Å². The fourth-order valence-electron chi connectivity index (χ4n) is 4.05. The number of aliphatic imine (C=N–C) groups is 1. The number of hydrogen-bond donors (Lipinski definition) is 2. The summed E-state index contributed by atoms with van der Waals surface area (Å²) in [7, 11) is 0. The van der Waals surface area contributed by atoms with Crippen LogP contribution in [0.25, 0.3) is 0 Å². The first-order valence-corrected chi connectivity index (χ1v) is 9.86. The molecule has 2 N–H and O–H groups in total. The molecule has 3 fully saturated rings. The number of amides is 1. The minimum Gasteiger partial charge on any atom is -0.353 e. The van der Waals surface area contributed by atoms with Crippen LogP contribution in [0.15, 0.2) is 4.99 Å². The Kier molecular flexibility index (Phi) is 7.40. The molecule has 0 aromatic heterocycles. The van der Waals surface area contributed by atoms with Crippen LogP contribution in [0, 0.1) is 11.3 Å². The Morgan fingerprint density at radius 1 is 1.16 bits per heavy atom. The van der Waals surface area contributed by atoms with Crippen molar-refractivity contribution in [3.63, 3.8) is 0 Å². The molecule has 0 aromatic rings. The van der Waals surface area contributed by atoms with Crippen molar-refractivity contribution in [1.82, 2.24) is 15.5 Å². The van der Waals surface area contributed by atoms with Gasteiger partial charge in [0, 0.05) is 37.6 Å². The van der Waals surface area contributed by atoms with Gasteiger partial charge in [0.15, 0.2) is 5.96 Å². The molecule has 0 aromatic carbocycles. The predicted octanol–water partition coefficient (Wildman–Crippen LogP) is 3.14. The number of hydrogen-bond acceptors (Lipinski definition) is 2. The number of nitrogens with one attached hydrogen (secondary N) is 2. The van der Waals surface area contributed by atoms with Crippen molar-refractivity contribution in [3.05, 3.63) is 0 Å². The Hall–Kier alpha value is -0.530. The number of nitrogens with zero attached hydrogens (tertiary/aromatic N) is 2. The normalized spacial score (nSPS) is 29.1. The topological polar surface area (TPSA) is 56.7 Å². The second kappa shape index (κ2) is 8.91. The standard InChI is InChI=1S/C19H34N4O.HI/c1-4-20-18(22-16-12-19(16,2)3)21-15-10-11-23(13-15)17(24)14-8-6-5-7-9-14;/h14-16H,4-13H2,1-3H3,(H2,20,21,22);1H. The average Bonchev–Trinajstić information content (AvgIpc) is 2.97. The zero-order valence-electron chi connectivity index (χ0n) is 16.0. The monoisotopic (exact) mass is 462 g/mol. The van der Waals surface area contributed by atoms with E-state index >= 15 is 0 Å². The van der Waals surface area contributed by atoms with E-state index in [-0.39, 0.29) is 29.9 Å². The number of carbonyl (C=O) groups excluding carboxylic acids is 1. The van der Waals surface area contributed by atoms with Crippen molar-refractivity contribution in [3.8, 4) is 0 Å². The Balaban J connectivity index is 0.00000225. The van der Waals surface area contributed by atoms with Gasteiger partial charge in [-0.25, -0.2) is 0 Å². The van der Waals surface area contributed by atoms with E-state index in [4.69, 9.17) is 0 Å². The van der Waals surface area contributed by atoms with Gasteiger partial charge in [0.1, 0.15) is 0 Å². The molecule has 6 heteroatoms. The SMILES string of the molecule is CCN=C(NC1CCN(C(=O)C2CCCCC2)C1)NC1CC1(C)C.I. The fraction of sp³-hybridized carbons (Fsp3) is 0.895. The number of rotatable bonds is 4. The minimum absolute atomic E-state index is 0. The third-order valence-electron chi connectivity index (χ3n) is 5.94. The van der Waals surface area contributed by atoms with Gasteiger partial charge in [-0.1, -0.05) is 33.1 Å². The van der Waals surface area contributed by atoms with Gasteiger partial charge < -0.3 is 15.5 Å². The van der Waals surface area contributed by atoms with E-state index in [0.29, 0.717) is 23.4 Å². The average molecular weight is 462 g/mol. The van der Waals surface area contributed by atoms with Crippen LogP contribution in [0.4, 0.5) is 0 Å². The number of likely N-dealkylation sites (tertiary alicyclic amines) is 1. The molecular formula is C19H35IN4O. The van der Waals surface area contributed by atoms with Crippen LogP contribution in [-0.2, 0) is 4.79 Å². The molecule has 5 nitrogen and oxygen atoms in total. The first kappa shape index (κ1) is 20.8. The maximum Gasteiger partial charge on any atom is 0.225 e. The summed E-state index contributed by atoms with van der Waals surface area (Å²) in [6, 6.07) is 0.855. The minimum atomic E-state index is 0. The van der Waals surface area contributed by atoms with Crippen LogP contribution in [0.5, 0.6) is 0 Å². The van der Waals surface area contributed by atoms with E-state index in [9.17, 15) is 4.79 Å². The molecule has 1 aliphatic heterocycles. The van der Waals surface area contributed by atoms with Crippen molar-refractivity contribution in [1.29, 1.82) is 0 Å². The lowest BCUT2D eigenvalue weighted by Gasteiger charge is -2.26. The Labute approximate surface area is 169 Å². The second-order valence-electron chi connectivity index (χ2n) is 8.46. The molecular weight excluding hydrogens is 427 g/mol. The summed E-state index contributed by atoms with van der Waals surface area (Å²) in [6.07, 6.45) is 8.16. The van der Waals surface area contributed by atoms with Gasteiger partial charge >= 0.3 is 0 Å². The summed E-state index contributed by atoms with van der Waals surface area (Å²) in [6.45, 7) is 9.13. The van der Waals surface area contributed by atoms with Gasteiger partial charge in [-0.3, -0.25) is 9.79 Å². The van der Waals surface area contributed by atoms with Crippen molar-refractivity contribution in [2.24, 2.45) is 16.3 Å². The smallest absolute Gasteiger partial charge is 0.225 e. The first-order valence-electron chi connectivity index (χ1n) is 9.86. The van der Waals surface area contributed by atoms with Crippen LogP contribution in [0.1, 0.15) is 65.7 Å². The highest BCUT2D eigenvalue weighted by atomic mass is 127. The van der Waals surface area contributed by atoms with Crippen LogP contribution >= 0.6 is 24.0 Å². The zero-order chi connectivity index (χ0) is 17.2. The Morgan fingerprint density at radius 3 is 2.44 bits per heavy atom. The van der Waals surface area contributed by atoms with E-state index in [1.165, 1.54) is 25.7 Å². The summed E-state index contributed by atoms with van der Waals surface area (Å²) in [4.78, 5) is 19.3. The fourth-order valence-corrected chi connectivity index (χ4v) is 4.05. The van der Waals surface area contributed by atoms with Crippen molar-refractivity contribution in [2.75, 3.05) is 19.6 Å². The molecule has 25 heavy (non-hydrogen) atoms. The van der Waals surface area contributed by atoms with Crippen LogP contribution in [0.2, 0.25) is 0 Å². The van der Waals surface area contributed by atoms with Crippen molar-refractivity contribution < 1.29 is 4.79 Å². The van der Waals surface area contributed by atoms with E-state index in [2.05, 4.69) is 41.3 Å². The van der Waals surface area contributed by atoms with E-state index in [1.807, 2.05) is 0 Å². The molecule has 2 atom stereocenters. The summed E-state index contributed by atoms with van der Waals surface area (Å²) in [5, 5.41) is 7.11. The third-order valence-corrected chi connectivity index (χ3v) is 5.94. The largest absolute Gasteiger partial charge is 0.353 e. The van der Waals surface area contributed by atoms with Gasteiger partial charge in [-0.15, -0.1) is 24.0 Å². The maximum absolute atomic E-state index is 12.7. The lowest BCUT2D eigenvalue weighted by Crippen LogP contribution is -2.47. The molecule has 2 aliphatic carbocycles. The predicted molar refractivity (Wildman–Crippen MR) is 113 cm³/mol. The molecule has 0 radical (unpaired) electrons. The van der Waals surface area contributed by atoms with E-state index in [1.54, 1.807) is 0 Å². The first-order chi connectivity index (χ1) is 11.5. The number of guanidine groups is 1. The van der Waals surface area contributed by atoms with Gasteiger partial charge in [-0.05, 0) is 38.0 Å². The Morgan fingerprint density at radius 2 is 1.84 bits per heavy atom. The molecule has 1 heterocycles. The second-order valence-corrected chi connectivity index (χ2v) is 8.46. The highest BCUT2D eigenvalue weighted by Crippen LogP contribution is 2.44. The number of carbonyl (C=O) groups is 1. The summed E-state index contributed by atoms with van der Waals surface area (Å²) in [5.41, 5.74) is 0.384.